The first-order valence-electron chi connectivity index (χ1n) is 10.2. The van der Waals surface area contributed by atoms with Crippen molar-refractivity contribution >= 4 is 0 Å². The van der Waals surface area contributed by atoms with Gasteiger partial charge in [0, 0.05) is 5.56 Å². The van der Waals surface area contributed by atoms with Gasteiger partial charge in [0.05, 0.1) is 7.11 Å². The van der Waals surface area contributed by atoms with Gasteiger partial charge < -0.3 is 4.74 Å². The summed E-state index contributed by atoms with van der Waals surface area (Å²) < 4.78 is 33.8. The lowest BCUT2D eigenvalue weighted by molar-refractivity contribution is 0.124. The maximum atomic E-state index is 14.8. The standard InChI is InChI=1S/C24H28F2O/c1-15-3-4-17-12-18(6-5-16(17)11-15)19-7-9-21(22(25)13-19)20-8-10-24(27-2)23(26)14-20/h7-10,13-18H,3-6,11-12H2,1-2H3. The first kappa shape index (κ1) is 18.5. The zero-order valence-corrected chi connectivity index (χ0v) is 16.2. The SMILES string of the molecule is COc1ccc(-c2ccc(C3CCC4CC(C)CCC4C3)cc2F)cc1F. The third-order valence-electron chi connectivity index (χ3n) is 6.80. The van der Waals surface area contributed by atoms with Crippen molar-refractivity contribution in [3.63, 3.8) is 0 Å². The average Bonchev–Trinajstić information content (AvgIpc) is 2.67. The van der Waals surface area contributed by atoms with Gasteiger partial charge in [-0.25, -0.2) is 8.78 Å². The molecule has 2 aliphatic carbocycles. The Morgan fingerprint density at radius 2 is 1.63 bits per heavy atom. The Kier molecular flexibility index (Phi) is 5.21. The molecule has 4 unspecified atom stereocenters. The van der Waals surface area contributed by atoms with Crippen LogP contribution in [0.4, 0.5) is 8.78 Å². The molecule has 0 heterocycles. The first-order valence-corrected chi connectivity index (χ1v) is 10.2. The molecule has 144 valence electrons. The van der Waals surface area contributed by atoms with Crippen LogP contribution in [0.15, 0.2) is 36.4 Å². The van der Waals surface area contributed by atoms with Crippen molar-refractivity contribution in [2.24, 2.45) is 17.8 Å². The molecule has 0 spiro atoms. The molecular weight excluding hydrogens is 342 g/mol. The molecule has 0 radical (unpaired) electrons. The molecule has 2 aliphatic rings. The second kappa shape index (κ2) is 7.61. The van der Waals surface area contributed by atoms with E-state index in [9.17, 15) is 8.78 Å². The highest BCUT2D eigenvalue weighted by atomic mass is 19.1. The number of benzene rings is 2. The van der Waals surface area contributed by atoms with E-state index in [2.05, 4.69) is 6.92 Å². The molecule has 3 heteroatoms. The van der Waals surface area contributed by atoms with Crippen LogP contribution < -0.4 is 4.74 Å². The van der Waals surface area contributed by atoms with Gasteiger partial charge in [-0.3, -0.25) is 0 Å². The first-order chi connectivity index (χ1) is 13.0. The lowest BCUT2D eigenvalue weighted by Gasteiger charge is -2.41. The Morgan fingerprint density at radius 3 is 2.37 bits per heavy atom. The molecule has 2 aromatic carbocycles. The van der Waals surface area contributed by atoms with E-state index in [0.29, 0.717) is 17.0 Å². The summed E-state index contributed by atoms with van der Waals surface area (Å²) in [4.78, 5) is 0. The Labute approximate surface area is 160 Å². The summed E-state index contributed by atoms with van der Waals surface area (Å²) >= 11 is 0. The van der Waals surface area contributed by atoms with Crippen molar-refractivity contribution < 1.29 is 13.5 Å². The van der Waals surface area contributed by atoms with E-state index in [1.807, 2.05) is 6.07 Å². The van der Waals surface area contributed by atoms with Crippen LogP contribution in [-0.4, -0.2) is 7.11 Å². The van der Waals surface area contributed by atoms with Gasteiger partial charge in [0.25, 0.3) is 0 Å². The van der Waals surface area contributed by atoms with E-state index in [1.165, 1.54) is 45.3 Å². The van der Waals surface area contributed by atoms with Gasteiger partial charge in [0.1, 0.15) is 5.82 Å². The van der Waals surface area contributed by atoms with Crippen LogP contribution in [0.1, 0.15) is 56.9 Å². The summed E-state index contributed by atoms with van der Waals surface area (Å²) in [6.45, 7) is 2.37. The van der Waals surface area contributed by atoms with E-state index in [1.54, 1.807) is 24.3 Å². The minimum atomic E-state index is -0.469. The Balaban J connectivity index is 1.53. The normalized spacial score (nSPS) is 27.9. The van der Waals surface area contributed by atoms with Crippen LogP contribution in [0.2, 0.25) is 0 Å². The van der Waals surface area contributed by atoms with E-state index in [0.717, 1.165) is 29.7 Å². The summed E-state index contributed by atoms with van der Waals surface area (Å²) in [6.07, 6.45) is 7.65. The number of ether oxygens (including phenoxy) is 1. The molecule has 0 N–H and O–H groups in total. The van der Waals surface area contributed by atoms with Gasteiger partial charge in [-0.15, -0.1) is 0 Å². The summed E-state index contributed by atoms with van der Waals surface area (Å²) in [5.41, 5.74) is 2.09. The Bertz CT molecular complexity index is 816. The largest absolute Gasteiger partial charge is 0.494 e. The second-order valence-corrected chi connectivity index (χ2v) is 8.54. The van der Waals surface area contributed by atoms with Gasteiger partial charge in [0.2, 0.25) is 0 Å². The smallest absolute Gasteiger partial charge is 0.165 e. The van der Waals surface area contributed by atoms with E-state index >= 15 is 0 Å². The molecule has 27 heavy (non-hydrogen) atoms. The van der Waals surface area contributed by atoms with Gasteiger partial charge in [0.15, 0.2) is 11.6 Å². The predicted octanol–water partition coefficient (Wildman–Crippen LogP) is 6.96. The highest BCUT2D eigenvalue weighted by Gasteiger charge is 2.34. The molecule has 4 rings (SSSR count). The fourth-order valence-corrected chi connectivity index (χ4v) is 5.28. The number of hydrogen-bond donors (Lipinski definition) is 0. The number of hydrogen-bond acceptors (Lipinski definition) is 1. The maximum Gasteiger partial charge on any atom is 0.165 e. The van der Waals surface area contributed by atoms with Crippen LogP contribution in [0.5, 0.6) is 5.75 Å². The number of halogens is 2. The summed E-state index contributed by atoms with van der Waals surface area (Å²) in [5.74, 6) is 2.43. The quantitative estimate of drug-likeness (QED) is 0.567. The fourth-order valence-electron chi connectivity index (χ4n) is 5.28. The molecule has 0 amide bonds. The number of methoxy groups -OCH3 is 1. The average molecular weight is 370 g/mol. The summed E-state index contributed by atoms with van der Waals surface area (Å²) in [6, 6.07) is 10.1. The Morgan fingerprint density at radius 1 is 0.852 bits per heavy atom. The van der Waals surface area contributed by atoms with Crippen LogP contribution >= 0.6 is 0 Å². The number of fused-ring (bicyclic) bond motifs is 1. The van der Waals surface area contributed by atoms with Gasteiger partial charge in [-0.05, 0) is 85.1 Å². The molecule has 1 nitrogen and oxygen atoms in total. The molecule has 0 aliphatic heterocycles. The van der Waals surface area contributed by atoms with Crippen LogP contribution in [-0.2, 0) is 0 Å². The minimum Gasteiger partial charge on any atom is -0.494 e. The molecule has 2 fully saturated rings. The van der Waals surface area contributed by atoms with Crippen molar-refractivity contribution in [1.82, 2.24) is 0 Å². The van der Waals surface area contributed by atoms with E-state index in [4.69, 9.17) is 4.74 Å². The highest BCUT2D eigenvalue weighted by Crippen LogP contribution is 2.47. The van der Waals surface area contributed by atoms with Crippen LogP contribution in [0.3, 0.4) is 0 Å². The van der Waals surface area contributed by atoms with Crippen molar-refractivity contribution in [3.8, 4) is 16.9 Å². The zero-order valence-electron chi connectivity index (χ0n) is 16.2. The molecule has 0 saturated heterocycles. The topological polar surface area (TPSA) is 9.23 Å². The van der Waals surface area contributed by atoms with Crippen molar-refractivity contribution in [3.05, 3.63) is 53.6 Å². The predicted molar refractivity (Wildman–Crippen MR) is 105 cm³/mol. The molecule has 4 atom stereocenters. The summed E-state index contributed by atoms with van der Waals surface area (Å²) in [5, 5.41) is 0. The van der Waals surface area contributed by atoms with Crippen molar-refractivity contribution in [1.29, 1.82) is 0 Å². The second-order valence-electron chi connectivity index (χ2n) is 8.54. The fraction of sp³-hybridized carbons (Fsp3) is 0.500. The third-order valence-corrected chi connectivity index (χ3v) is 6.80. The zero-order chi connectivity index (χ0) is 19.0. The monoisotopic (exact) mass is 370 g/mol. The van der Waals surface area contributed by atoms with Crippen LogP contribution in [0.25, 0.3) is 11.1 Å². The lowest BCUT2D eigenvalue weighted by atomic mass is 9.64. The third kappa shape index (κ3) is 3.74. The molecule has 2 aromatic rings. The molecule has 2 saturated carbocycles. The number of rotatable bonds is 3. The van der Waals surface area contributed by atoms with Gasteiger partial charge in [-0.2, -0.15) is 0 Å². The van der Waals surface area contributed by atoms with E-state index in [-0.39, 0.29) is 11.6 Å². The molecule has 0 aromatic heterocycles. The van der Waals surface area contributed by atoms with Crippen molar-refractivity contribution in [2.45, 2.75) is 51.4 Å². The highest BCUT2D eigenvalue weighted by molar-refractivity contribution is 5.65. The van der Waals surface area contributed by atoms with E-state index < -0.39 is 5.82 Å². The maximum absolute atomic E-state index is 14.8. The minimum absolute atomic E-state index is 0.175. The lowest BCUT2D eigenvalue weighted by Crippen LogP contribution is -2.29. The van der Waals surface area contributed by atoms with Crippen LogP contribution in [0, 0.1) is 29.4 Å². The Hall–Kier alpha value is -1.90. The molecule has 0 bridgehead atoms. The summed E-state index contributed by atoms with van der Waals surface area (Å²) in [7, 11) is 1.43. The van der Waals surface area contributed by atoms with Gasteiger partial charge in [-0.1, -0.05) is 31.5 Å². The van der Waals surface area contributed by atoms with Gasteiger partial charge >= 0.3 is 0 Å². The molecular formula is C24H28F2O. The van der Waals surface area contributed by atoms with Crippen molar-refractivity contribution in [2.75, 3.05) is 7.11 Å².